The Labute approximate surface area is 147 Å². The van der Waals surface area contributed by atoms with Gasteiger partial charge in [0.1, 0.15) is 0 Å². The Morgan fingerprint density at radius 3 is 2.57 bits per heavy atom. The number of amides is 1. The van der Waals surface area contributed by atoms with E-state index in [1.54, 1.807) is 31.2 Å². The lowest BCUT2D eigenvalue weighted by molar-refractivity contribution is -0.119. The normalized spacial score (nSPS) is 10.3. The van der Waals surface area contributed by atoms with Gasteiger partial charge in [-0.05, 0) is 59.1 Å². The summed E-state index contributed by atoms with van der Waals surface area (Å²) in [4.78, 5) is 23.9. The van der Waals surface area contributed by atoms with Gasteiger partial charge in [0.25, 0.3) is 5.91 Å². The van der Waals surface area contributed by atoms with Crippen LogP contribution in [-0.2, 0) is 9.53 Å². The van der Waals surface area contributed by atoms with Crippen LogP contribution in [0.25, 0.3) is 0 Å². The van der Waals surface area contributed by atoms with E-state index >= 15 is 0 Å². The molecule has 0 fully saturated rings. The molecular formula is C17H15BrClNO3. The molecule has 4 nitrogen and oxygen atoms in total. The Morgan fingerprint density at radius 1 is 1.17 bits per heavy atom. The lowest BCUT2D eigenvalue weighted by Gasteiger charge is -2.11. The van der Waals surface area contributed by atoms with Crippen LogP contribution < -0.4 is 5.32 Å². The van der Waals surface area contributed by atoms with Crippen molar-refractivity contribution in [1.82, 2.24) is 0 Å². The number of ether oxygens (including phenoxy) is 1. The molecule has 0 aromatic heterocycles. The van der Waals surface area contributed by atoms with E-state index in [9.17, 15) is 9.59 Å². The molecule has 120 valence electrons. The van der Waals surface area contributed by atoms with Gasteiger partial charge >= 0.3 is 5.97 Å². The summed E-state index contributed by atoms with van der Waals surface area (Å²) in [6.07, 6.45) is 0. The Kier molecular flexibility index (Phi) is 5.80. The van der Waals surface area contributed by atoms with Gasteiger partial charge < -0.3 is 10.1 Å². The van der Waals surface area contributed by atoms with Crippen LogP contribution in [0.3, 0.4) is 0 Å². The molecule has 1 N–H and O–H groups in total. The maximum Gasteiger partial charge on any atom is 0.338 e. The maximum absolute atomic E-state index is 12.0. The lowest BCUT2D eigenvalue weighted by Crippen LogP contribution is -2.21. The number of hydrogen-bond acceptors (Lipinski definition) is 3. The van der Waals surface area contributed by atoms with E-state index in [4.69, 9.17) is 16.3 Å². The Balaban J connectivity index is 1.97. The number of rotatable bonds is 4. The molecule has 2 aromatic rings. The van der Waals surface area contributed by atoms with Crippen molar-refractivity contribution in [1.29, 1.82) is 0 Å². The maximum atomic E-state index is 12.0. The highest BCUT2D eigenvalue weighted by Gasteiger charge is 2.13. The van der Waals surface area contributed by atoms with E-state index < -0.39 is 11.9 Å². The summed E-state index contributed by atoms with van der Waals surface area (Å²) in [5, 5.41) is 3.21. The molecule has 6 heteroatoms. The van der Waals surface area contributed by atoms with E-state index in [2.05, 4.69) is 21.2 Å². The van der Waals surface area contributed by atoms with Gasteiger partial charge in [-0.2, -0.15) is 0 Å². The van der Waals surface area contributed by atoms with Crippen molar-refractivity contribution in [3.63, 3.8) is 0 Å². The molecule has 0 heterocycles. The minimum absolute atomic E-state index is 0.361. The Morgan fingerprint density at radius 2 is 1.87 bits per heavy atom. The van der Waals surface area contributed by atoms with Gasteiger partial charge in [-0.3, -0.25) is 4.79 Å². The third kappa shape index (κ3) is 4.33. The molecule has 0 atom stereocenters. The summed E-state index contributed by atoms with van der Waals surface area (Å²) in [5.41, 5.74) is 2.56. The predicted octanol–water partition coefficient (Wildman–Crippen LogP) is 4.51. The fourth-order valence-corrected chi connectivity index (χ4v) is 2.58. The average Bonchev–Trinajstić information content (AvgIpc) is 2.53. The average molecular weight is 397 g/mol. The van der Waals surface area contributed by atoms with Gasteiger partial charge in [0.2, 0.25) is 0 Å². The number of esters is 1. The minimum Gasteiger partial charge on any atom is -0.452 e. The van der Waals surface area contributed by atoms with E-state index in [0.29, 0.717) is 16.3 Å². The summed E-state index contributed by atoms with van der Waals surface area (Å²) in [6, 6.07) is 10.5. The van der Waals surface area contributed by atoms with E-state index in [-0.39, 0.29) is 6.61 Å². The fourth-order valence-electron chi connectivity index (χ4n) is 1.98. The SMILES string of the molecule is Cc1ccccc1C(=O)OCC(=O)Nc1ccc(Br)c(Cl)c1C. The molecule has 0 radical (unpaired) electrons. The number of benzene rings is 2. The Hall–Kier alpha value is -1.85. The topological polar surface area (TPSA) is 55.4 Å². The van der Waals surface area contributed by atoms with Gasteiger partial charge in [-0.1, -0.05) is 29.8 Å². The zero-order valence-electron chi connectivity index (χ0n) is 12.7. The van der Waals surface area contributed by atoms with Crippen molar-refractivity contribution in [2.75, 3.05) is 11.9 Å². The predicted molar refractivity (Wildman–Crippen MR) is 94.0 cm³/mol. The number of aryl methyl sites for hydroxylation is 1. The van der Waals surface area contributed by atoms with Crippen LogP contribution in [0.2, 0.25) is 5.02 Å². The number of nitrogens with one attached hydrogen (secondary N) is 1. The number of halogens is 2. The summed E-state index contributed by atoms with van der Waals surface area (Å²) in [5.74, 6) is -0.947. The standard InChI is InChI=1S/C17H15BrClNO3/c1-10-5-3-4-6-12(10)17(22)23-9-15(21)20-14-8-7-13(18)16(19)11(14)2/h3-8H,9H2,1-2H3,(H,20,21). The van der Waals surface area contributed by atoms with Crippen molar-refractivity contribution < 1.29 is 14.3 Å². The summed E-state index contributed by atoms with van der Waals surface area (Å²) in [7, 11) is 0. The van der Waals surface area contributed by atoms with Gasteiger partial charge in [-0.25, -0.2) is 4.79 Å². The summed E-state index contributed by atoms with van der Waals surface area (Å²) < 4.78 is 5.79. The highest BCUT2D eigenvalue weighted by atomic mass is 79.9. The highest BCUT2D eigenvalue weighted by molar-refractivity contribution is 9.10. The first-order chi connectivity index (χ1) is 10.9. The third-order valence-electron chi connectivity index (χ3n) is 3.31. The molecule has 0 aliphatic rings. The molecule has 2 rings (SSSR count). The first-order valence-corrected chi connectivity index (χ1v) is 8.04. The van der Waals surface area contributed by atoms with Crippen molar-refractivity contribution in [2.24, 2.45) is 0 Å². The zero-order valence-corrected chi connectivity index (χ0v) is 15.0. The van der Waals surface area contributed by atoms with Crippen molar-refractivity contribution in [2.45, 2.75) is 13.8 Å². The van der Waals surface area contributed by atoms with E-state index in [1.807, 2.05) is 19.1 Å². The molecule has 0 aliphatic carbocycles. The van der Waals surface area contributed by atoms with Crippen LogP contribution in [0.4, 0.5) is 5.69 Å². The molecule has 2 aromatic carbocycles. The first-order valence-electron chi connectivity index (χ1n) is 6.87. The van der Waals surface area contributed by atoms with Crippen LogP contribution in [0, 0.1) is 13.8 Å². The second kappa shape index (κ2) is 7.62. The fraction of sp³-hybridized carbons (Fsp3) is 0.176. The number of anilines is 1. The highest BCUT2D eigenvalue weighted by Crippen LogP contribution is 2.30. The second-order valence-corrected chi connectivity index (χ2v) is 6.21. The lowest BCUT2D eigenvalue weighted by atomic mass is 10.1. The summed E-state index contributed by atoms with van der Waals surface area (Å²) >= 11 is 9.42. The van der Waals surface area contributed by atoms with E-state index in [0.717, 1.165) is 15.6 Å². The quantitative estimate of drug-likeness (QED) is 0.773. The zero-order chi connectivity index (χ0) is 17.0. The number of carbonyl (C=O) groups excluding carboxylic acids is 2. The minimum atomic E-state index is -0.524. The molecule has 1 amide bonds. The van der Waals surface area contributed by atoms with Gasteiger partial charge in [0.05, 0.1) is 10.6 Å². The van der Waals surface area contributed by atoms with Crippen LogP contribution in [0.5, 0.6) is 0 Å². The molecular weight excluding hydrogens is 382 g/mol. The smallest absolute Gasteiger partial charge is 0.338 e. The number of carbonyl (C=O) groups is 2. The van der Waals surface area contributed by atoms with Crippen LogP contribution in [-0.4, -0.2) is 18.5 Å². The third-order valence-corrected chi connectivity index (χ3v) is 4.69. The molecule has 23 heavy (non-hydrogen) atoms. The van der Waals surface area contributed by atoms with Crippen LogP contribution >= 0.6 is 27.5 Å². The van der Waals surface area contributed by atoms with Crippen molar-refractivity contribution >= 4 is 45.1 Å². The van der Waals surface area contributed by atoms with Gasteiger partial charge in [-0.15, -0.1) is 0 Å². The van der Waals surface area contributed by atoms with E-state index in [1.165, 1.54) is 0 Å². The monoisotopic (exact) mass is 395 g/mol. The summed E-state index contributed by atoms with van der Waals surface area (Å²) in [6.45, 7) is 3.24. The number of hydrogen-bond donors (Lipinski definition) is 1. The van der Waals surface area contributed by atoms with Crippen LogP contribution in [0.15, 0.2) is 40.9 Å². The molecule has 0 saturated heterocycles. The molecule has 0 bridgehead atoms. The molecule has 0 saturated carbocycles. The van der Waals surface area contributed by atoms with Crippen molar-refractivity contribution in [3.05, 3.63) is 62.6 Å². The largest absolute Gasteiger partial charge is 0.452 e. The first kappa shape index (κ1) is 17.5. The van der Waals surface area contributed by atoms with Crippen LogP contribution in [0.1, 0.15) is 21.5 Å². The van der Waals surface area contributed by atoms with Gasteiger partial charge in [0, 0.05) is 10.2 Å². The molecule has 0 aliphatic heterocycles. The molecule has 0 spiro atoms. The Bertz CT molecular complexity index is 761. The van der Waals surface area contributed by atoms with Crippen molar-refractivity contribution in [3.8, 4) is 0 Å². The molecule has 0 unspecified atom stereocenters. The van der Waals surface area contributed by atoms with Gasteiger partial charge in [0.15, 0.2) is 6.61 Å². The second-order valence-electron chi connectivity index (χ2n) is 4.97.